The standard InChI is InChI=1S/C77H99ClN16O13/c1-7-82-77(83-8-2)84-34-12-11-20-58(76(107)94-35-15-21-66(94)75(106)85-47(5)67(79)98)87-68(99)59(36-46(3)4)88-72(103)63(41-52-16-13-32-80-43-52)90-71(102)62(39-50-25-30-57(97)31-26-50)92-74(105)65(45-95)93-73(104)64(42-53-17-14-33-81-44-53)91-70(101)61(38-49-23-28-56(78)29-24-49)89-69(100)60(86-48(6)96)40-51-22-27-54-18-9-10-19-55(54)37-51/h9-10,13-14,16-19,22-33,37,43-44,46-47,58-66,95,97H,7-8,11-12,15,20-21,34-36,38-42,45H2,1-6H3,(H2,79,98)(H,85,106)(H,86,96)(H,87,99)(H,88,103)(H,89,100)(H,90,102)(H,91,101)(H,92,105)(H,93,104)(H2,82,83,84)/t47-,58+,59+,60-,61-,62+,63-,64-,65+,66+/m1/s1. The number of fused-ring (bicyclic) bond motifs is 1. The number of halogens is 1. The summed E-state index contributed by atoms with van der Waals surface area (Å²) in [5.74, 6) is -8.42. The highest BCUT2D eigenvalue weighted by atomic mass is 35.5. The van der Waals surface area contributed by atoms with Gasteiger partial charge in [-0.2, -0.15) is 0 Å². The monoisotopic (exact) mass is 1490 g/mol. The van der Waals surface area contributed by atoms with Crippen molar-refractivity contribution in [2.75, 3.05) is 32.8 Å². The van der Waals surface area contributed by atoms with Gasteiger partial charge in [-0.3, -0.25) is 67.7 Å². The molecule has 2 aromatic heterocycles. The summed E-state index contributed by atoms with van der Waals surface area (Å²) in [6.07, 6.45) is 6.89. The third-order valence-electron chi connectivity index (χ3n) is 17.8. The minimum atomic E-state index is -1.82. The molecule has 7 rings (SSSR count). The highest BCUT2D eigenvalue weighted by molar-refractivity contribution is 6.30. The first-order valence-corrected chi connectivity index (χ1v) is 36.4. The summed E-state index contributed by atoms with van der Waals surface area (Å²) in [6, 6.07) is 18.4. The average molecular weight is 1490 g/mol. The molecule has 1 fully saturated rings. The van der Waals surface area contributed by atoms with E-state index in [0.717, 1.165) is 10.8 Å². The number of hydrogen-bond donors (Lipinski definition) is 14. The first kappa shape index (κ1) is 83.2. The van der Waals surface area contributed by atoms with Gasteiger partial charge >= 0.3 is 0 Å². The number of nitrogens with one attached hydrogen (secondary N) is 11. The van der Waals surface area contributed by atoms with E-state index in [4.69, 9.17) is 17.3 Å². The van der Waals surface area contributed by atoms with Gasteiger partial charge in [-0.1, -0.05) is 104 Å². The first-order chi connectivity index (χ1) is 51.3. The Morgan fingerprint density at radius 3 is 1.53 bits per heavy atom. The fraction of sp³-hybridized carbons (Fsp3) is 0.429. The van der Waals surface area contributed by atoms with Gasteiger partial charge in [0.25, 0.3) is 0 Å². The van der Waals surface area contributed by atoms with Crippen LogP contribution < -0.4 is 64.2 Å². The van der Waals surface area contributed by atoms with Crippen LogP contribution in [-0.4, -0.2) is 189 Å². The molecule has 107 heavy (non-hydrogen) atoms. The van der Waals surface area contributed by atoms with Crippen molar-refractivity contribution in [2.45, 2.75) is 173 Å². The molecule has 0 spiro atoms. The molecule has 1 aliphatic rings. The Kier molecular flexibility index (Phi) is 32.8. The number of aliphatic imine (C=N–C) groups is 1. The maximum atomic E-state index is 15.1. The van der Waals surface area contributed by atoms with Crippen LogP contribution in [0, 0.1) is 5.92 Å². The summed E-state index contributed by atoms with van der Waals surface area (Å²) < 4.78 is 0. The van der Waals surface area contributed by atoms with Gasteiger partial charge in [0.05, 0.1) is 6.61 Å². The van der Waals surface area contributed by atoms with Crippen LogP contribution in [0.3, 0.4) is 0 Å². The van der Waals surface area contributed by atoms with Crippen molar-refractivity contribution in [1.29, 1.82) is 0 Å². The van der Waals surface area contributed by atoms with Gasteiger partial charge in [0.2, 0.25) is 65.0 Å². The smallest absolute Gasteiger partial charge is 0.245 e. The lowest BCUT2D eigenvalue weighted by molar-refractivity contribution is -0.142. The highest BCUT2D eigenvalue weighted by Gasteiger charge is 2.40. The van der Waals surface area contributed by atoms with Crippen LogP contribution in [-0.2, 0) is 84.8 Å². The number of primary amides is 1. The van der Waals surface area contributed by atoms with Crippen molar-refractivity contribution in [2.24, 2.45) is 16.6 Å². The van der Waals surface area contributed by atoms with Gasteiger partial charge in [-0.05, 0) is 140 Å². The molecular weight excluding hydrogens is 1390 g/mol. The lowest BCUT2D eigenvalue weighted by Gasteiger charge is -2.31. The maximum absolute atomic E-state index is 15.1. The molecule has 1 saturated heterocycles. The fourth-order valence-electron chi connectivity index (χ4n) is 12.3. The van der Waals surface area contributed by atoms with Crippen LogP contribution in [0.5, 0.6) is 5.75 Å². The molecule has 15 N–H and O–H groups in total. The number of aromatic hydroxyl groups is 1. The number of phenolic OH excluding ortho intramolecular Hbond substituents is 1. The number of amides is 11. The molecule has 3 heterocycles. The molecule has 0 aliphatic carbocycles. The second kappa shape index (κ2) is 42.2. The van der Waals surface area contributed by atoms with Gasteiger partial charge < -0.3 is 79.3 Å². The number of aromatic nitrogens is 2. The Labute approximate surface area is 627 Å². The second-order valence-corrected chi connectivity index (χ2v) is 27.2. The largest absolute Gasteiger partial charge is 0.508 e. The first-order valence-electron chi connectivity index (χ1n) is 36.0. The second-order valence-electron chi connectivity index (χ2n) is 26.8. The number of carbonyl (C=O) groups excluding carboxylic acids is 11. The van der Waals surface area contributed by atoms with Gasteiger partial charge in [-0.15, -0.1) is 0 Å². The van der Waals surface area contributed by atoms with Crippen LogP contribution in [0.4, 0.5) is 0 Å². The molecule has 30 heteroatoms. The SMILES string of the molecule is CCN=C(NCC)NCCCC[C@H](NC(=O)[C@H](CC(C)C)NC(=O)[C@@H](Cc1cccnc1)NC(=O)[C@H](Cc1ccc(O)cc1)NC(=O)[C@H](CO)NC(=O)[C@@H](Cc1cccnc1)NC(=O)[C@@H](Cc1ccc(Cl)cc1)NC(=O)[C@@H](Cc1ccc2ccccc2c1)NC(C)=O)C(=O)N1CCC[C@H]1C(=O)N[C@H](C)C(N)=O. The van der Waals surface area contributed by atoms with Crippen molar-refractivity contribution in [1.82, 2.24) is 73.4 Å². The number of pyridine rings is 2. The zero-order chi connectivity index (χ0) is 77.5. The van der Waals surface area contributed by atoms with E-state index in [1.165, 1.54) is 67.8 Å². The third kappa shape index (κ3) is 26.8. The zero-order valence-electron chi connectivity index (χ0n) is 61.1. The molecule has 0 saturated carbocycles. The number of aliphatic hydroxyl groups excluding tert-OH is 1. The molecule has 4 aromatic carbocycles. The van der Waals surface area contributed by atoms with Gasteiger partial charge in [0.15, 0.2) is 5.96 Å². The molecule has 29 nitrogen and oxygen atoms in total. The summed E-state index contributed by atoms with van der Waals surface area (Å²) in [6.45, 7) is 10.9. The topological polar surface area (TPSA) is 428 Å². The summed E-state index contributed by atoms with van der Waals surface area (Å²) in [5.41, 5.74) is 8.04. The quantitative estimate of drug-likeness (QED) is 0.0149. The molecule has 6 aromatic rings. The molecule has 1 aliphatic heterocycles. The van der Waals surface area contributed by atoms with Gasteiger partial charge in [0, 0.05) is 95.0 Å². The molecule has 11 amide bonds. The summed E-state index contributed by atoms with van der Waals surface area (Å²) in [7, 11) is 0. The number of benzene rings is 4. The predicted molar refractivity (Wildman–Crippen MR) is 403 cm³/mol. The summed E-state index contributed by atoms with van der Waals surface area (Å²) >= 11 is 6.25. The molecule has 0 radical (unpaired) electrons. The van der Waals surface area contributed by atoms with E-state index in [9.17, 15) is 53.4 Å². The van der Waals surface area contributed by atoms with Crippen molar-refractivity contribution in [3.63, 3.8) is 0 Å². The lowest BCUT2D eigenvalue weighted by Crippen LogP contribution is -2.62. The van der Waals surface area contributed by atoms with Crippen molar-refractivity contribution >= 4 is 93.3 Å². The molecule has 0 bridgehead atoms. The van der Waals surface area contributed by atoms with Crippen molar-refractivity contribution in [3.05, 3.63) is 173 Å². The third-order valence-corrected chi connectivity index (χ3v) is 18.1. The lowest BCUT2D eigenvalue weighted by atomic mass is 9.99. The van der Waals surface area contributed by atoms with Crippen molar-refractivity contribution < 1.29 is 63.0 Å². The Bertz CT molecular complexity index is 4030. The van der Waals surface area contributed by atoms with Crippen LogP contribution in [0.25, 0.3) is 10.8 Å². The molecule has 10 atom stereocenters. The predicted octanol–water partition coefficient (Wildman–Crippen LogP) is 2.17. The number of carbonyl (C=O) groups is 11. The number of nitrogens with zero attached hydrogens (tertiary/aromatic N) is 4. The van der Waals surface area contributed by atoms with Crippen LogP contribution >= 0.6 is 11.6 Å². The number of phenols is 1. The number of guanidine groups is 1. The molecule has 0 unspecified atom stereocenters. The summed E-state index contributed by atoms with van der Waals surface area (Å²) in [5, 5.41) is 54.4. The van der Waals surface area contributed by atoms with Crippen LogP contribution in [0.15, 0.2) is 145 Å². The van der Waals surface area contributed by atoms with Gasteiger partial charge in [0.1, 0.15) is 66.2 Å². The zero-order valence-corrected chi connectivity index (χ0v) is 61.8. The Morgan fingerprint density at radius 2 is 1.03 bits per heavy atom. The van der Waals surface area contributed by atoms with E-state index in [-0.39, 0.29) is 69.6 Å². The normalized spacial score (nSPS) is 15.3. The van der Waals surface area contributed by atoms with Crippen LogP contribution in [0.1, 0.15) is 108 Å². The van der Waals surface area contributed by atoms with E-state index in [1.807, 2.05) is 70.2 Å². The highest BCUT2D eigenvalue weighted by Crippen LogP contribution is 2.23. The minimum Gasteiger partial charge on any atom is -0.508 e. The average Bonchev–Trinajstić information content (AvgIpc) is 1.80. The number of unbranched alkanes of at least 4 members (excludes halogenated alkanes) is 1. The Hall–Kier alpha value is -11.1. The van der Waals surface area contributed by atoms with E-state index in [2.05, 4.69) is 73.4 Å². The number of nitrogens with two attached hydrogens (primary N) is 1. The summed E-state index contributed by atoms with van der Waals surface area (Å²) in [4.78, 5) is 171. The molecular formula is C77H99ClN16O13. The fourth-order valence-corrected chi connectivity index (χ4v) is 12.4. The Morgan fingerprint density at radius 1 is 0.551 bits per heavy atom. The molecule has 572 valence electrons. The van der Waals surface area contributed by atoms with Gasteiger partial charge in [-0.25, -0.2) is 0 Å². The van der Waals surface area contributed by atoms with E-state index >= 15 is 9.59 Å². The van der Waals surface area contributed by atoms with E-state index in [1.54, 1.807) is 48.5 Å². The number of aliphatic hydroxyl groups is 1. The van der Waals surface area contributed by atoms with Crippen molar-refractivity contribution in [3.8, 4) is 5.75 Å². The maximum Gasteiger partial charge on any atom is 0.245 e. The number of likely N-dealkylation sites (tertiary alicyclic amines) is 1. The van der Waals surface area contributed by atoms with E-state index in [0.29, 0.717) is 77.7 Å². The number of hydrogen-bond acceptors (Lipinski definition) is 16. The van der Waals surface area contributed by atoms with E-state index < -0.39 is 132 Å². The van der Waals surface area contributed by atoms with Crippen LogP contribution in [0.2, 0.25) is 5.02 Å². The Balaban J connectivity index is 1.13. The minimum absolute atomic E-state index is 0.0362. The number of rotatable bonds is 39.